The Morgan fingerprint density at radius 2 is 1.90 bits per heavy atom. The number of oxazole rings is 1. The molecule has 0 aliphatic heterocycles. The maximum absolute atomic E-state index is 11.7. The van der Waals surface area contributed by atoms with Crippen LogP contribution in [0.3, 0.4) is 0 Å². The summed E-state index contributed by atoms with van der Waals surface area (Å²) in [5, 5.41) is 0.273. The smallest absolute Gasteiger partial charge is 0.263 e. The lowest BCUT2D eigenvalue weighted by Crippen LogP contribution is -2.40. The van der Waals surface area contributed by atoms with Crippen molar-refractivity contribution in [3.05, 3.63) is 18.4 Å². The lowest BCUT2D eigenvalue weighted by Gasteiger charge is -2.36. The van der Waals surface area contributed by atoms with Crippen LogP contribution in [0.15, 0.2) is 16.9 Å². The zero-order chi connectivity index (χ0) is 15.9. The summed E-state index contributed by atoms with van der Waals surface area (Å²) in [6, 6.07) is 0. The number of carbonyl (C=O) groups is 1. The first-order valence-electron chi connectivity index (χ1n) is 7.81. The molecule has 0 amide bonds. The van der Waals surface area contributed by atoms with Crippen molar-refractivity contribution in [3.8, 4) is 0 Å². The third kappa shape index (κ3) is 6.14. The molecule has 1 heterocycles. The van der Waals surface area contributed by atoms with Crippen molar-refractivity contribution < 1.29 is 13.6 Å². The second-order valence-electron chi connectivity index (χ2n) is 7.03. The number of rotatable bonds is 9. The third-order valence-corrected chi connectivity index (χ3v) is 8.78. The molecular weight excluding hydrogens is 282 g/mol. The molecule has 0 saturated heterocycles. The topological polar surface area (TPSA) is 52.3 Å². The zero-order valence-corrected chi connectivity index (χ0v) is 15.1. The maximum atomic E-state index is 11.7. The standard InChI is InChI=1S/C16H29NO3Si/c1-16(2,3)21(4,5)20-12-9-7-6-8-10-14(18)15-17-11-13-19-15/h11,13H,6-10,12H2,1-5H3. The lowest BCUT2D eigenvalue weighted by molar-refractivity contribution is 0.0945. The Balaban J connectivity index is 2.07. The Morgan fingerprint density at radius 3 is 2.48 bits per heavy atom. The molecule has 0 unspecified atom stereocenters. The molecule has 120 valence electrons. The van der Waals surface area contributed by atoms with Gasteiger partial charge in [0.25, 0.3) is 5.89 Å². The van der Waals surface area contributed by atoms with E-state index in [4.69, 9.17) is 8.84 Å². The highest BCUT2D eigenvalue weighted by Gasteiger charge is 2.36. The number of aromatic nitrogens is 1. The molecular formula is C16H29NO3Si. The van der Waals surface area contributed by atoms with E-state index in [1.54, 1.807) is 0 Å². The van der Waals surface area contributed by atoms with Gasteiger partial charge in [-0.05, 0) is 31.0 Å². The van der Waals surface area contributed by atoms with Gasteiger partial charge in [-0.3, -0.25) is 4.79 Å². The maximum Gasteiger partial charge on any atom is 0.263 e. The van der Waals surface area contributed by atoms with Gasteiger partial charge in [-0.25, -0.2) is 4.98 Å². The van der Waals surface area contributed by atoms with E-state index in [1.165, 1.54) is 12.5 Å². The normalized spacial score (nSPS) is 12.6. The van der Waals surface area contributed by atoms with E-state index in [9.17, 15) is 4.79 Å². The number of hydrogen-bond donors (Lipinski definition) is 0. The summed E-state index contributed by atoms with van der Waals surface area (Å²) in [6.07, 6.45) is 7.57. The average molecular weight is 311 g/mol. The third-order valence-electron chi connectivity index (χ3n) is 4.24. The van der Waals surface area contributed by atoms with Gasteiger partial charge in [0.05, 0.1) is 6.20 Å². The molecule has 0 bridgehead atoms. The van der Waals surface area contributed by atoms with Crippen molar-refractivity contribution in [1.82, 2.24) is 4.98 Å². The summed E-state index contributed by atoms with van der Waals surface area (Å²) in [5.41, 5.74) is 0. The van der Waals surface area contributed by atoms with Gasteiger partial charge >= 0.3 is 0 Å². The Morgan fingerprint density at radius 1 is 1.24 bits per heavy atom. The molecule has 0 aliphatic carbocycles. The van der Waals surface area contributed by atoms with Gasteiger partial charge in [0.2, 0.25) is 5.78 Å². The fourth-order valence-electron chi connectivity index (χ4n) is 1.75. The van der Waals surface area contributed by atoms with Crippen LogP contribution < -0.4 is 0 Å². The van der Waals surface area contributed by atoms with E-state index >= 15 is 0 Å². The van der Waals surface area contributed by atoms with Gasteiger partial charge in [0.15, 0.2) is 8.32 Å². The Bertz CT molecular complexity index is 421. The Labute approximate surface area is 129 Å². The largest absolute Gasteiger partial charge is 0.442 e. The molecule has 1 aromatic heterocycles. The molecule has 4 nitrogen and oxygen atoms in total. The first-order chi connectivity index (χ1) is 9.74. The highest BCUT2D eigenvalue weighted by Crippen LogP contribution is 2.36. The molecule has 0 aliphatic rings. The van der Waals surface area contributed by atoms with Crippen molar-refractivity contribution in [2.75, 3.05) is 6.61 Å². The molecule has 21 heavy (non-hydrogen) atoms. The van der Waals surface area contributed by atoms with Gasteiger partial charge in [0, 0.05) is 13.0 Å². The number of nitrogens with zero attached hydrogens (tertiary/aromatic N) is 1. The molecule has 0 spiro atoms. The number of unbranched alkanes of at least 4 members (excludes halogenated alkanes) is 3. The number of hydrogen-bond acceptors (Lipinski definition) is 4. The van der Waals surface area contributed by atoms with Crippen molar-refractivity contribution in [2.45, 2.75) is 71.0 Å². The minimum absolute atomic E-state index is 0.00229. The van der Waals surface area contributed by atoms with Gasteiger partial charge in [-0.1, -0.05) is 33.6 Å². The molecule has 0 aromatic carbocycles. The van der Waals surface area contributed by atoms with Gasteiger partial charge in [-0.15, -0.1) is 0 Å². The van der Waals surface area contributed by atoms with Crippen LogP contribution in [0.1, 0.15) is 63.6 Å². The van der Waals surface area contributed by atoms with Crippen molar-refractivity contribution >= 4 is 14.1 Å². The van der Waals surface area contributed by atoms with Crippen LogP contribution in [0.4, 0.5) is 0 Å². The second-order valence-corrected chi connectivity index (χ2v) is 11.8. The first-order valence-corrected chi connectivity index (χ1v) is 10.7. The van der Waals surface area contributed by atoms with E-state index in [0.29, 0.717) is 6.42 Å². The highest BCUT2D eigenvalue weighted by atomic mass is 28.4. The minimum atomic E-state index is -1.60. The molecule has 5 heteroatoms. The van der Waals surface area contributed by atoms with Crippen LogP contribution in [0, 0.1) is 0 Å². The van der Waals surface area contributed by atoms with Gasteiger partial charge < -0.3 is 8.84 Å². The van der Waals surface area contributed by atoms with E-state index in [1.807, 2.05) is 0 Å². The Hall–Kier alpha value is -0.943. The number of carbonyl (C=O) groups excluding carboxylic acids is 1. The van der Waals surface area contributed by atoms with Crippen LogP contribution >= 0.6 is 0 Å². The molecule has 0 N–H and O–H groups in total. The van der Waals surface area contributed by atoms with Crippen LogP contribution in [0.25, 0.3) is 0 Å². The minimum Gasteiger partial charge on any atom is -0.442 e. The molecule has 0 radical (unpaired) electrons. The van der Waals surface area contributed by atoms with E-state index in [-0.39, 0.29) is 16.7 Å². The summed E-state index contributed by atoms with van der Waals surface area (Å²) >= 11 is 0. The summed E-state index contributed by atoms with van der Waals surface area (Å²) < 4.78 is 11.1. The van der Waals surface area contributed by atoms with E-state index in [0.717, 1.165) is 32.3 Å². The van der Waals surface area contributed by atoms with Crippen LogP contribution in [0.5, 0.6) is 0 Å². The monoisotopic (exact) mass is 311 g/mol. The number of Topliss-reactive ketones (excluding diaryl/α,β-unsaturated/α-hetero) is 1. The van der Waals surface area contributed by atoms with Gasteiger partial charge in [-0.2, -0.15) is 0 Å². The fraction of sp³-hybridized carbons (Fsp3) is 0.750. The van der Waals surface area contributed by atoms with Crippen molar-refractivity contribution in [3.63, 3.8) is 0 Å². The van der Waals surface area contributed by atoms with Crippen molar-refractivity contribution in [1.29, 1.82) is 0 Å². The Kier molecular flexibility index (Phi) is 6.81. The fourth-order valence-corrected chi connectivity index (χ4v) is 2.84. The quantitative estimate of drug-likeness (QED) is 0.372. The van der Waals surface area contributed by atoms with Crippen molar-refractivity contribution in [2.24, 2.45) is 0 Å². The SMILES string of the molecule is CC(C)(C)[Si](C)(C)OCCCCCCC(=O)c1ncco1. The molecule has 0 saturated carbocycles. The molecule has 0 atom stereocenters. The second kappa shape index (κ2) is 7.89. The summed E-state index contributed by atoms with van der Waals surface area (Å²) in [4.78, 5) is 15.5. The van der Waals surface area contributed by atoms with Crippen LogP contribution in [-0.4, -0.2) is 25.7 Å². The predicted octanol–water partition coefficient (Wildman–Crippen LogP) is 4.83. The highest BCUT2D eigenvalue weighted by molar-refractivity contribution is 6.74. The van der Waals surface area contributed by atoms with Gasteiger partial charge in [0.1, 0.15) is 6.26 Å². The van der Waals surface area contributed by atoms with Crippen LogP contribution in [0.2, 0.25) is 18.1 Å². The lowest BCUT2D eigenvalue weighted by atomic mass is 10.1. The van der Waals surface area contributed by atoms with Crippen LogP contribution in [-0.2, 0) is 4.43 Å². The van der Waals surface area contributed by atoms with E-state index in [2.05, 4.69) is 38.8 Å². The summed E-state index contributed by atoms with van der Waals surface area (Å²) in [5.74, 6) is 0.230. The predicted molar refractivity (Wildman–Crippen MR) is 87.1 cm³/mol. The molecule has 1 aromatic rings. The molecule has 1 rings (SSSR count). The average Bonchev–Trinajstić information content (AvgIpc) is 2.89. The zero-order valence-electron chi connectivity index (χ0n) is 14.1. The molecule has 0 fully saturated rings. The number of ketones is 1. The summed E-state index contributed by atoms with van der Waals surface area (Å²) in [6.45, 7) is 12.2. The summed E-state index contributed by atoms with van der Waals surface area (Å²) in [7, 11) is -1.60. The first kappa shape index (κ1) is 18.1. The van der Waals surface area contributed by atoms with E-state index < -0.39 is 8.32 Å².